The Kier molecular flexibility index (Phi) is 11.3. The van der Waals surface area contributed by atoms with Gasteiger partial charge in [-0.25, -0.2) is 24.4 Å². The summed E-state index contributed by atoms with van der Waals surface area (Å²) in [5.41, 5.74) is 8.97. The zero-order valence-corrected chi connectivity index (χ0v) is 19.0. The Morgan fingerprint density at radius 2 is 1.83 bits per heavy atom. The summed E-state index contributed by atoms with van der Waals surface area (Å²) in [5, 5.41) is 17.7. The molecule has 35 heavy (non-hydrogen) atoms. The number of aromatic nitrogens is 2. The number of carboxylic acid groups (broad SMARTS) is 1. The Morgan fingerprint density at radius 3 is 2.31 bits per heavy atom. The first-order valence-corrected chi connectivity index (χ1v) is 10.2. The molecule has 2 rings (SSSR count). The van der Waals surface area contributed by atoms with E-state index < -0.39 is 18.2 Å². The highest BCUT2D eigenvalue weighted by Crippen LogP contribution is 2.17. The van der Waals surface area contributed by atoms with Crippen LogP contribution in [0.5, 0.6) is 0 Å². The van der Waals surface area contributed by atoms with Crippen molar-refractivity contribution in [3.8, 4) is 6.07 Å². The molecule has 0 bridgehead atoms. The van der Waals surface area contributed by atoms with Crippen molar-refractivity contribution in [1.82, 2.24) is 15.4 Å². The van der Waals surface area contributed by atoms with Gasteiger partial charge in [-0.3, -0.25) is 9.91 Å². The molecule has 0 aliphatic heterocycles. The van der Waals surface area contributed by atoms with Crippen molar-refractivity contribution in [2.45, 2.75) is 26.4 Å². The van der Waals surface area contributed by atoms with Crippen LogP contribution in [0.1, 0.15) is 26.1 Å². The number of carbonyl (C=O) groups is 2. The second kappa shape index (κ2) is 13.7. The molecule has 190 valence electrons. The number of carbonyl (C=O) groups excluding carboxylic acids is 1. The number of rotatable bonds is 8. The van der Waals surface area contributed by atoms with E-state index in [-0.39, 0.29) is 17.6 Å². The number of halogens is 4. The lowest BCUT2D eigenvalue weighted by Gasteiger charge is -2.30. The maximum absolute atomic E-state index is 13.3. The number of nitrogens with two attached hydrogens (primary N) is 1. The minimum atomic E-state index is -5.08. The highest BCUT2D eigenvalue weighted by Gasteiger charge is 2.38. The van der Waals surface area contributed by atoms with Crippen molar-refractivity contribution in [3.63, 3.8) is 0 Å². The van der Waals surface area contributed by atoms with Crippen LogP contribution in [0.2, 0.25) is 0 Å². The molecule has 0 unspecified atom stereocenters. The third kappa shape index (κ3) is 10.2. The number of hydrogen-bond donors (Lipinski definition) is 3. The molecular weight excluding hydrogens is 474 g/mol. The molecule has 0 saturated carbocycles. The maximum atomic E-state index is 13.3. The zero-order valence-electron chi connectivity index (χ0n) is 19.0. The van der Waals surface area contributed by atoms with E-state index in [1.807, 2.05) is 19.9 Å². The Bertz CT molecular complexity index is 1010. The predicted octanol–water partition coefficient (Wildman–Crippen LogP) is 3.06. The lowest BCUT2D eigenvalue weighted by molar-refractivity contribution is -0.192. The van der Waals surface area contributed by atoms with Crippen LogP contribution in [-0.2, 0) is 4.79 Å². The minimum Gasteiger partial charge on any atom is -0.475 e. The summed E-state index contributed by atoms with van der Waals surface area (Å²) in [6.07, 6.45) is -3.03. The molecule has 4 N–H and O–H groups in total. The molecule has 1 aromatic heterocycles. The van der Waals surface area contributed by atoms with Crippen LogP contribution in [-0.4, -0.2) is 52.9 Å². The quantitative estimate of drug-likeness (QED) is 0.371. The Labute approximate surface area is 198 Å². The molecule has 14 heteroatoms. The topological polar surface area (TPSA) is 148 Å². The van der Waals surface area contributed by atoms with E-state index in [0.717, 1.165) is 0 Å². The largest absolute Gasteiger partial charge is 0.490 e. The second-order valence-electron chi connectivity index (χ2n) is 7.34. The van der Waals surface area contributed by atoms with Gasteiger partial charge in [-0.1, -0.05) is 13.8 Å². The number of carboxylic acids is 1. The van der Waals surface area contributed by atoms with Gasteiger partial charge in [0, 0.05) is 31.0 Å². The van der Waals surface area contributed by atoms with Crippen molar-refractivity contribution in [2.24, 2.45) is 11.7 Å². The monoisotopic (exact) mass is 499 g/mol. The zero-order chi connectivity index (χ0) is 26.6. The van der Waals surface area contributed by atoms with E-state index in [9.17, 15) is 22.4 Å². The van der Waals surface area contributed by atoms with Gasteiger partial charge >= 0.3 is 18.2 Å². The molecule has 0 spiro atoms. The van der Waals surface area contributed by atoms with Crippen molar-refractivity contribution in [2.75, 3.05) is 29.5 Å². The van der Waals surface area contributed by atoms with E-state index in [0.29, 0.717) is 37.6 Å². The highest BCUT2D eigenvalue weighted by molar-refractivity contribution is 5.92. The standard InChI is InChI=1S/C19H24FN7O.C2HF3O2/c1-14(2)13-27(18-8-10-23-17(12-22)24-18)25-19(28)26(11-3-9-21)16-6-4-15(20)5-7-16;3-2(4,5)1(6)7/h4-8,10,14H,3,9,11,13,21H2,1-2H3,(H,25,28);(H,6,7). The van der Waals surface area contributed by atoms with Crippen LogP contribution in [0.25, 0.3) is 0 Å². The molecule has 10 nitrogen and oxygen atoms in total. The summed E-state index contributed by atoms with van der Waals surface area (Å²) < 4.78 is 45.0. The summed E-state index contributed by atoms with van der Waals surface area (Å²) in [4.78, 5) is 31.4. The number of alkyl halides is 3. The van der Waals surface area contributed by atoms with Gasteiger partial charge in [-0.15, -0.1) is 0 Å². The molecule has 0 fully saturated rings. The fraction of sp³-hybridized carbons (Fsp3) is 0.381. The van der Waals surface area contributed by atoms with Gasteiger partial charge in [0.05, 0.1) is 0 Å². The molecule has 1 aromatic carbocycles. The van der Waals surface area contributed by atoms with E-state index in [4.69, 9.17) is 20.9 Å². The van der Waals surface area contributed by atoms with Crippen LogP contribution in [0, 0.1) is 23.1 Å². The normalized spacial score (nSPS) is 10.6. The van der Waals surface area contributed by atoms with Gasteiger partial charge in [-0.2, -0.15) is 23.4 Å². The summed E-state index contributed by atoms with van der Waals surface area (Å²) in [7, 11) is 0. The van der Waals surface area contributed by atoms with Crippen molar-refractivity contribution in [3.05, 3.63) is 48.2 Å². The molecule has 0 saturated heterocycles. The van der Waals surface area contributed by atoms with Crippen LogP contribution < -0.4 is 21.1 Å². The van der Waals surface area contributed by atoms with Gasteiger partial charge in [0.25, 0.3) is 0 Å². The maximum Gasteiger partial charge on any atom is 0.490 e. The molecule has 0 aliphatic carbocycles. The summed E-state index contributed by atoms with van der Waals surface area (Å²) >= 11 is 0. The Balaban J connectivity index is 0.000000762. The van der Waals surface area contributed by atoms with Crippen molar-refractivity contribution < 1.29 is 32.3 Å². The molecule has 0 radical (unpaired) electrons. The average Bonchev–Trinajstić information content (AvgIpc) is 2.79. The molecule has 2 aromatic rings. The number of nitrogens with zero attached hydrogens (tertiary/aromatic N) is 5. The van der Waals surface area contributed by atoms with Crippen LogP contribution in [0.4, 0.5) is 33.9 Å². The Morgan fingerprint density at radius 1 is 1.23 bits per heavy atom. The fourth-order valence-corrected chi connectivity index (χ4v) is 2.51. The summed E-state index contributed by atoms with van der Waals surface area (Å²) in [5.74, 6) is -2.50. The molecule has 0 atom stereocenters. The van der Waals surface area contributed by atoms with E-state index in [2.05, 4.69) is 15.4 Å². The number of nitrogens with one attached hydrogen (secondary N) is 1. The third-order valence-electron chi connectivity index (χ3n) is 4.01. The highest BCUT2D eigenvalue weighted by atomic mass is 19.4. The second-order valence-corrected chi connectivity index (χ2v) is 7.34. The number of hydrazine groups is 1. The van der Waals surface area contributed by atoms with E-state index >= 15 is 0 Å². The molecular formula is C21H25F4N7O3. The smallest absolute Gasteiger partial charge is 0.475 e. The van der Waals surface area contributed by atoms with Gasteiger partial charge in [0.15, 0.2) is 5.82 Å². The summed E-state index contributed by atoms with van der Waals surface area (Å²) in [6, 6.07) is 8.78. The predicted molar refractivity (Wildman–Crippen MR) is 119 cm³/mol. The number of nitriles is 1. The van der Waals surface area contributed by atoms with Crippen LogP contribution in [0.15, 0.2) is 36.5 Å². The first kappa shape index (κ1) is 29.0. The van der Waals surface area contributed by atoms with Crippen LogP contribution >= 0.6 is 0 Å². The average molecular weight is 499 g/mol. The first-order valence-electron chi connectivity index (χ1n) is 10.2. The van der Waals surface area contributed by atoms with Gasteiger partial charge in [-0.05, 0) is 43.1 Å². The van der Waals surface area contributed by atoms with E-state index in [1.54, 1.807) is 11.1 Å². The van der Waals surface area contributed by atoms with Gasteiger partial charge in [0.2, 0.25) is 5.82 Å². The third-order valence-corrected chi connectivity index (χ3v) is 4.01. The number of aliphatic carboxylic acids is 1. The first-order chi connectivity index (χ1) is 16.4. The Hall–Kier alpha value is -3.99. The van der Waals surface area contributed by atoms with Crippen molar-refractivity contribution >= 4 is 23.5 Å². The molecule has 2 amide bonds. The van der Waals surface area contributed by atoms with E-state index in [1.165, 1.54) is 35.4 Å². The minimum absolute atomic E-state index is 0.0130. The number of anilines is 2. The molecule has 1 heterocycles. The van der Waals surface area contributed by atoms with Gasteiger partial charge < -0.3 is 10.8 Å². The lowest BCUT2D eigenvalue weighted by Crippen LogP contribution is -2.51. The van der Waals surface area contributed by atoms with Crippen LogP contribution in [0.3, 0.4) is 0 Å². The summed E-state index contributed by atoms with van der Waals surface area (Å²) in [6.45, 7) is 5.26. The fourth-order valence-electron chi connectivity index (χ4n) is 2.51. The lowest BCUT2D eigenvalue weighted by atomic mass is 10.2. The van der Waals surface area contributed by atoms with Gasteiger partial charge in [0.1, 0.15) is 11.9 Å². The number of benzene rings is 1. The SMILES string of the molecule is CC(C)CN(NC(=O)N(CCCN)c1ccc(F)cc1)c1ccnc(C#N)n1.O=C(O)C(F)(F)F. The number of urea groups is 1. The number of hydrogen-bond acceptors (Lipinski definition) is 7. The molecule has 0 aliphatic rings. The number of amides is 2. The van der Waals surface area contributed by atoms with Crippen molar-refractivity contribution in [1.29, 1.82) is 5.26 Å².